The molecule has 27 heavy (non-hydrogen) atoms. The molecule has 0 unspecified atom stereocenters. The van der Waals surface area contributed by atoms with Gasteiger partial charge in [-0.2, -0.15) is 0 Å². The van der Waals surface area contributed by atoms with Crippen molar-refractivity contribution in [3.63, 3.8) is 0 Å². The Balaban J connectivity index is 1.68. The first kappa shape index (κ1) is 19.1. The average Bonchev–Trinajstić information content (AvgIpc) is 3.17. The van der Waals surface area contributed by atoms with Gasteiger partial charge in [-0.15, -0.1) is 11.3 Å². The molecule has 0 saturated heterocycles. The molecule has 3 rings (SSSR count). The van der Waals surface area contributed by atoms with Crippen LogP contribution in [0.1, 0.15) is 21.5 Å². The van der Waals surface area contributed by atoms with E-state index in [0.29, 0.717) is 17.8 Å². The molecular weight excluding hydrogens is 380 g/mol. The van der Waals surface area contributed by atoms with Crippen LogP contribution in [0.4, 0.5) is 5.69 Å². The third-order valence-corrected chi connectivity index (χ3v) is 6.77. The lowest BCUT2D eigenvalue weighted by Crippen LogP contribution is -2.26. The number of hydrogen-bond donors (Lipinski definition) is 1. The van der Waals surface area contributed by atoms with Gasteiger partial charge in [-0.3, -0.25) is 9.52 Å². The number of amides is 1. The Kier molecular flexibility index (Phi) is 5.62. The normalized spacial score (nSPS) is 11.2. The lowest BCUT2D eigenvalue weighted by atomic mass is 10.1. The highest BCUT2D eigenvalue weighted by Crippen LogP contribution is 2.21. The number of carbonyl (C=O) groups is 1. The lowest BCUT2D eigenvalue weighted by molar-refractivity contribution is 0.0785. The maximum Gasteiger partial charge on any atom is 0.271 e. The lowest BCUT2D eigenvalue weighted by Gasteiger charge is -2.18. The summed E-state index contributed by atoms with van der Waals surface area (Å²) < 4.78 is 27.3. The van der Waals surface area contributed by atoms with Crippen LogP contribution in [-0.4, -0.2) is 26.3 Å². The number of sulfonamides is 1. The van der Waals surface area contributed by atoms with E-state index in [1.807, 2.05) is 31.2 Å². The Bertz CT molecular complexity index is 1030. The highest BCUT2D eigenvalue weighted by Gasteiger charge is 2.16. The molecule has 1 aromatic heterocycles. The van der Waals surface area contributed by atoms with E-state index in [0.717, 1.165) is 22.5 Å². The van der Waals surface area contributed by atoms with Crippen LogP contribution in [-0.2, 0) is 16.6 Å². The predicted molar refractivity (Wildman–Crippen MR) is 109 cm³/mol. The summed E-state index contributed by atoms with van der Waals surface area (Å²) in [6, 6.07) is 17.7. The second kappa shape index (κ2) is 7.94. The van der Waals surface area contributed by atoms with Crippen LogP contribution in [0.15, 0.2) is 70.3 Å². The van der Waals surface area contributed by atoms with Crippen LogP contribution in [0.5, 0.6) is 0 Å². The van der Waals surface area contributed by atoms with Crippen molar-refractivity contribution in [3.05, 3.63) is 82.7 Å². The van der Waals surface area contributed by atoms with Gasteiger partial charge in [0.2, 0.25) is 0 Å². The number of aryl methyl sites for hydroxylation is 1. The van der Waals surface area contributed by atoms with Gasteiger partial charge in [0.1, 0.15) is 4.21 Å². The molecule has 1 N–H and O–H groups in total. The molecular formula is C20H20N2O3S2. The molecule has 0 bridgehead atoms. The number of nitrogens with one attached hydrogen (secondary N) is 1. The van der Waals surface area contributed by atoms with Crippen LogP contribution >= 0.6 is 11.3 Å². The highest BCUT2D eigenvalue weighted by molar-refractivity contribution is 7.94. The summed E-state index contributed by atoms with van der Waals surface area (Å²) in [6.45, 7) is 2.52. The van der Waals surface area contributed by atoms with Crippen molar-refractivity contribution in [1.82, 2.24) is 4.90 Å². The minimum Gasteiger partial charge on any atom is -0.337 e. The number of hydrogen-bond acceptors (Lipinski definition) is 4. The third kappa shape index (κ3) is 4.75. The molecule has 0 saturated carbocycles. The highest BCUT2D eigenvalue weighted by atomic mass is 32.2. The summed E-state index contributed by atoms with van der Waals surface area (Å²) >= 11 is 1.15. The summed E-state index contributed by atoms with van der Waals surface area (Å²) in [6.07, 6.45) is 0. The molecule has 1 amide bonds. The van der Waals surface area contributed by atoms with Gasteiger partial charge in [-0.25, -0.2) is 8.42 Å². The van der Waals surface area contributed by atoms with Crippen molar-refractivity contribution < 1.29 is 13.2 Å². The van der Waals surface area contributed by atoms with Crippen LogP contribution in [0.3, 0.4) is 0 Å². The summed E-state index contributed by atoms with van der Waals surface area (Å²) in [5.74, 6) is -0.121. The molecule has 5 nitrogen and oxygen atoms in total. The van der Waals surface area contributed by atoms with E-state index < -0.39 is 10.0 Å². The van der Waals surface area contributed by atoms with Crippen molar-refractivity contribution in [3.8, 4) is 0 Å². The molecule has 0 spiro atoms. The topological polar surface area (TPSA) is 66.5 Å². The van der Waals surface area contributed by atoms with Gasteiger partial charge in [0, 0.05) is 24.8 Å². The Hall–Kier alpha value is -2.64. The quantitative estimate of drug-likeness (QED) is 0.677. The number of rotatable bonds is 6. The van der Waals surface area contributed by atoms with Gasteiger partial charge >= 0.3 is 0 Å². The van der Waals surface area contributed by atoms with E-state index in [-0.39, 0.29) is 10.1 Å². The Morgan fingerprint density at radius 3 is 2.44 bits per heavy atom. The predicted octanol–water partition coefficient (Wildman–Crippen LogP) is 4.13. The van der Waals surface area contributed by atoms with E-state index in [1.165, 1.54) is 0 Å². The van der Waals surface area contributed by atoms with E-state index in [2.05, 4.69) is 4.72 Å². The molecule has 0 fully saturated rings. The molecule has 140 valence electrons. The zero-order valence-electron chi connectivity index (χ0n) is 15.0. The SMILES string of the molecule is Cc1cccc(CN(C)C(=O)c2ccc(NS(=O)(=O)c3cccs3)cc2)c1. The monoisotopic (exact) mass is 400 g/mol. The van der Waals surface area contributed by atoms with Crippen LogP contribution in [0.25, 0.3) is 0 Å². The second-order valence-corrected chi connectivity index (χ2v) is 9.12. The average molecular weight is 401 g/mol. The molecule has 7 heteroatoms. The Morgan fingerprint density at radius 1 is 1.07 bits per heavy atom. The largest absolute Gasteiger partial charge is 0.337 e. The summed E-state index contributed by atoms with van der Waals surface area (Å²) in [5, 5.41) is 1.71. The molecule has 0 radical (unpaired) electrons. The van der Waals surface area contributed by atoms with Crippen LogP contribution < -0.4 is 4.72 Å². The minimum absolute atomic E-state index is 0.121. The number of benzene rings is 2. The maximum atomic E-state index is 12.6. The van der Waals surface area contributed by atoms with Crippen molar-refractivity contribution in [1.29, 1.82) is 0 Å². The van der Waals surface area contributed by atoms with Gasteiger partial charge in [-0.1, -0.05) is 35.9 Å². The third-order valence-electron chi connectivity index (χ3n) is 3.99. The number of carbonyl (C=O) groups excluding carboxylic acids is 1. The van der Waals surface area contributed by atoms with Gasteiger partial charge < -0.3 is 4.90 Å². The summed E-state index contributed by atoms with van der Waals surface area (Å²) in [7, 11) is -1.84. The minimum atomic E-state index is -3.59. The number of thiophene rings is 1. The van der Waals surface area contributed by atoms with Crippen molar-refractivity contribution in [2.45, 2.75) is 17.7 Å². The Labute approximate surface area is 163 Å². The fraction of sp³-hybridized carbons (Fsp3) is 0.150. The first-order valence-electron chi connectivity index (χ1n) is 8.32. The van der Waals surface area contributed by atoms with Crippen molar-refractivity contribution in [2.75, 3.05) is 11.8 Å². The van der Waals surface area contributed by atoms with Crippen molar-refractivity contribution in [2.24, 2.45) is 0 Å². The zero-order chi connectivity index (χ0) is 19.4. The van der Waals surface area contributed by atoms with Crippen LogP contribution in [0, 0.1) is 6.92 Å². The van der Waals surface area contributed by atoms with Crippen LogP contribution in [0.2, 0.25) is 0 Å². The van der Waals surface area contributed by atoms with Crippen molar-refractivity contribution >= 4 is 33.0 Å². The fourth-order valence-electron chi connectivity index (χ4n) is 2.68. The molecule has 0 atom stereocenters. The second-order valence-electron chi connectivity index (χ2n) is 6.27. The maximum absolute atomic E-state index is 12.6. The first-order valence-corrected chi connectivity index (χ1v) is 10.7. The van der Waals surface area contributed by atoms with E-state index in [4.69, 9.17) is 0 Å². The fourth-order valence-corrected chi connectivity index (χ4v) is 4.73. The molecule has 0 aliphatic heterocycles. The molecule has 0 aliphatic carbocycles. The van der Waals surface area contributed by atoms with E-state index >= 15 is 0 Å². The summed E-state index contributed by atoms with van der Waals surface area (Å²) in [5.41, 5.74) is 3.13. The van der Waals surface area contributed by atoms with Gasteiger partial charge in [-0.05, 0) is 48.2 Å². The molecule has 3 aromatic rings. The van der Waals surface area contributed by atoms with E-state index in [1.54, 1.807) is 53.7 Å². The Morgan fingerprint density at radius 2 is 1.81 bits per heavy atom. The number of nitrogens with zero attached hydrogens (tertiary/aromatic N) is 1. The van der Waals surface area contributed by atoms with Gasteiger partial charge in [0.15, 0.2) is 0 Å². The zero-order valence-corrected chi connectivity index (χ0v) is 16.7. The first-order chi connectivity index (χ1) is 12.8. The van der Waals surface area contributed by atoms with Gasteiger partial charge in [0.05, 0.1) is 0 Å². The smallest absolute Gasteiger partial charge is 0.271 e. The standard InChI is InChI=1S/C20H20N2O3S2/c1-15-5-3-6-16(13-15)14-22(2)20(23)17-8-10-18(11-9-17)21-27(24,25)19-7-4-12-26-19/h3-13,21H,14H2,1-2H3. The molecule has 2 aromatic carbocycles. The number of anilines is 1. The summed E-state index contributed by atoms with van der Waals surface area (Å²) in [4.78, 5) is 14.2. The van der Waals surface area contributed by atoms with Gasteiger partial charge in [0.25, 0.3) is 15.9 Å². The molecule has 0 aliphatic rings. The van der Waals surface area contributed by atoms with E-state index in [9.17, 15) is 13.2 Å². The molecule has 1 heterocycles.